The average Bonchev–Trinajstić information content (AvgIpc) is 1.60. The number of non-ortho nitro benzene ring substituents is 2. The summed E-state index contributed by atoms with van der Waals surface area (Å²) in [7, 11) is 6.01. The molecular formula is C112H106F2N14O18S. The molecule has 32 nitrogen and oxygen atoms in total. The molecule has 6 aromatic carbocycles. The van der Waals surface area contributed by atoms with Gasteiger partial charge in [0.05, 0.1) is 192 Å². The van der Waals surface area contributed by atoms with Crippen LogP contribution < -0.4 is 52.1 Å². The second-order valence-electron chi connectivity index (χ2n) is 37.3. The van der Waals surface area contributed by atoms with Crippen LogP contribution in [-0.2, 0) is 32.7 Å². The molecule has 0 atom stereocenters. The van der Waals surface area contributed by atoms with Crippen LogP contribution in [0.3, 0.4) is 0 Å². The van der Waals surface area contributed by atoms with E-state index >= 15 is 0 Å². The third-order valence-corrected chi connectivity index (χ3v) is 28.7. The maximum atomic E-state index is 13.9. The van der Waals surface area contributed by atoms with Gasteiger partial charge in [-0.2, -0.15) is 0 Å². The van der Waals surface area contributed by atoms with Gasteiger partial charge in [-0.05, 0) is 137 Å². The summed E-state index contributed by atoms with van der Waals surface area (Å²) in [6.07, 6.45) is 21.1. The van der Waals surface area contributed by atoms with Crippen LogP contribution in [0.4, 0.5) is 20.2 Å². The van der Waals surface area contributed by atoms with Gasteiger partial charge in [-0.1, -0.05) is 145 Å². The number of aliphatic imine (C=N–C) groups is 1. The number of aromatic nitrogens is 9. The SMILES string of the molecule is CCCCCCCn1c2c(c3ccccc3c1=O)C(=O)c1ccccc1-2.CCCCCn1c2c(c3ccc(F)cc3c1=O)C(=O)c1cc(OC)cnc1-2.COc1cnc2c(c1)C(=O)c1c-2n(CCCCC(C)C)c(=O)c2cc(F)ccc12.COc1cnc2c(c1)C(=O)c1c-2n(CCCN2CCCC2)c(=O)c2cc([N+](=O)[O-])ccc12.COc1cnc2c(c1)C(=O)c1c-2n(CCCNC2=NCCS2)c(=O)c2cc([N+](=O)[O-])ccc12. The number of pyridine rings is 9. The number of amidine groups is 1. The lowest BCUT2D eigenvalue weighted by atomic mass is 10.0. The van der Waals surface area contributed by atoms with E-state index in [4.69, 9.17) is 18.9 Å². The minimum absolute atomic E-state index is 0.0133. The lowest BCUT2D eigenvalue weighted by Gasteiger charge is -2.17. The smallest absolute Gasteiger partial charge is 0.270 e. The molecule has 15 aromatic rings. The summed E-state index contributed by atoms with van der Waals surface area (Å²) in [5.74, 6) is 1.44. The fraction of sp³-hybridized carbons (Fsp3) is 0.312. The molecule has 0 spiro atoms. The molecular weight excluding hydrogens is 1900 g/mol. The number of fused-ring (bicyclic) bond motifs is 25. The van der Waals surface area contributed by atoms with Crippen molar-refractivity contribution in [2.45, 2.75) is 157 Å². The van der Waals surface area contributed by atoms with Crippen LogP contribution in [0.1, 0.15) is 204 Å². The Balaban J connectivity index is 0.000000121. The Morgan fingerprint density at radius 2 is 0.714 bits per heavy atom. The summed E-state index contributed by atoms with van der Waals surface area (Å²) >= 11 is 1.65. The minimum Gasteiger partial charge on any atom is -0.495 e. The molecule has 0 saturated carbocycles. The summed E-state index contributed by atoms with van der Waals surface area (Å²) in [6.45, 7) is 15.2. The molecule has 147 heavy (non-hydrogen) atoms. The zero-order valence-corrected chi connectivity index (χ0v) is 83.3. The van der Waals surface area contributed by atoms with Crippen molar-refractivity contribution >= 4 is 111 Å². The molecule has 35 heteroatoms. The Hall–Kier alpha value is -16.0. The Morgan fingerprint density at radius 1 is 0.374 bits per heavy atom. The normalized spacial score (nSPS) is 13.4. The van der Waals surface area contributed by atoms with Crippen LogP contribution in [0.2, 0.25) is 0 Å². The molecule has 7 aliphatic rings. The number of likely N-dealkylation sites (tertiary alicyclic amines) is 1. The summed E-state index contributed by atoms with van der Waals surface area (Å²) in [6, 6.07) is 37.7. The number of hydrogen-bond acceptors (Lipinski definition) is 26. The molecule has 0 amide bonds. The third-order valence-electron chi connectivity index (χ3n) is 27.8. The van der Waals surface area contributed by atoms with Crippen molar-refractivity contribution in [2.24, 2.45) is 10.9 Å². The van der Waals surface area contributed by atoms with E-state index in [-0.39, 0.29) is 84.1 Å². The van der Waals surface area contributed by atoms with Crippen LogP contribution >= 0.6 is 11.8 Å². The number of ketones is 5. The maximum absolute atomic E-state index is 13.9. The van der Waals surface area contributed by atoms with E-state index in [1.165, 1.54) is 156 Å². The number of benzene rings is 6. The van der Waals surface area contributed by atoms with Gasteiger partial charge in [0.15, 0.2) is 34.1 Å². The molecule has 0 unspecified atom stereocenters. The zero-order valence-electron chi connectivity index (χ0n) is 82.5. The number of halogens is 2. The highest BCUT2D eigenvalue weighted by Crippen LogP contribution is 2.47. The first-order valence-corrected chi connectivity index (χ1v) is 50.4. The van der Waals surface area contributed by atoms with Crippen LogP contribution in [-0.4, -0.2) is 159 Å². The summed E-state index contributed by atoms with van der Waals surface area (Å²) in [4.78, 5) is 179. The molecule has 1 saturated heterocycles. The predicted octanol–water partition coefficient (Wildman–Crippen LogP) is 19.3. The molecule has 11 heterocycles. The van der Waals surface area contributed by atoms with Crippen LogP contribution in [0.15, 0.2) is 199 Å². The van der Waals surface area contributed by atoms with Crippen molar-refractivity contribution in [1.82, 2.24) is 53.0 Å². The number of carbonyl (C=O) groups is 5. The molecule has 22 rings (SSSR count). The number of methoxy groups -OCH3 is 4. The van der Waals surface area contributed by atoms with Crippen molar-refractivity contribution in [3.05, 3.63) is 310 Å². The second-order valence-corrected chi connectivity index (χ2v) is 38.4. The van der Waals surface area contributed by atoms with E-state index in [2.05, 4.69) is 62.8 Å². The van der Waals surface area contributed by atoms with Gasteiger partial charge < -0.3 is 52.0 Å². The maximum Gasteiger partial charge on any atom is 0.270 e. The van der Waals surface area contributed by atoms with Crippen molar-refractivity contribution < 1.29 is 61.5 Å². The molecule has 1 N–H and O–H groups in total. The van der Waals surface area contributed by atoms with Crippen LogP contribution in [0, 0.1) is 37.8 Å². The van der Waals surface area contributed by atoms with Gasteiger partial charge in [0.25, 0.3) is 39.2 Å². The van der Waals surface area contributed by atoms with Crippen LogP contribution in [0.5, 0.6) is 23.0 Å². The molecule has 1 fully saturated rings. The molecule has 9 aromatic heterocycles. The molecule has 5 aliphatic carbocycles. The van der Waals surface area contributed by atoms with E-state index < -0.39 is 27.0 Å². The van der Waals surface area contributed by atoms with Gasteiger partial charge in [0.1, 0.15) is 34.6 Å². The number of nitrogens with one attached hydrogen (secondary N) is 1. The fourth-order valence-corrected chi connectivity index (χ4v) is 21.4. The molecule has 0 bridgehead atoms. The molecule has 0 radical (unpaired) electrons. The van der Waals surface area contributed by atoms with Gasteiger partial charge in [0.2, 0.25) is 0 Å². The predicted molar refractivity (Wildman–Crippen MR) is 561 cm³/mol. The quantitative estimate of drug-likeness (QED) is 0.0258. The second kappa shape index (κ2) is 43.5. The van der Waals surface area contributed by atoms with Crippen molar-refractivity contribution in [2.75, 3.05) is 66.9 Å². The van der Waals surface area contributed by atoms with E-state index in [1.54, 1.807) is 55.9 Å². The van der Waals surface area contributed by atoms with Gasteiger partial charge in [-0.25, -0.2) is 8.78 Å². The highest BCUT2D eigenvalue weighted by Gasteiger charge is 2.41. The molecule has 2 aliphatic heterocycles. The van der Waals surface area contributed by atoms with Crippen molar-refractivity contribution in [3.8, 4) is 79.8 Å². The minimum atomic E-state index is -0.552. The van der Waals surface area contributed by atoms with E-state index in [9.17, 15) is 77.0 Å². The fourth-order valence-electron chi connectivity index (χ4n) is 20.6. The van der Waals surface area contributed by atoms with Crippen molar-refractivity contribution in [1.29, 1.82) is 0 Å². The number of hydrogen-bond donors (Lipinski definition) is 1. The number of unbranched alkanes of at least 4 members (excludes halogenated alkanes) is 7. The average molecular weight is 2010 g/mol. The number of nitrogens with zero attached hydrogens (tertiary/aromatic N) is 13. The third kappa shape index (κ3) is 19.3. The lowest BCUT2D eigenvalue weighted by molar-refractivity contribution is -0.384. The largest absolute Gasteiger partial charge is 0.495 e. The summed E-state index contributed by atoms with van der Waals surface area (Å²) in [5.41, 5.74) is 8.28. The van der Waals surface area contributed by atoms with Gasteiger partial charge in [-0.15, -0.1) is 0 Å². The highest BCUT2D eigenvalue weighted by atomic mass is 32.2. The lowest BCUT2D eigenvalue weighted by Crippen LogP contribution is -2.27. The van der Waals surface area contributed by atoms with Crippen LogP contribution in [0.25, 0.3) is 111 Å². The number of nitro benzene ring substituents is 2. The molecule has 752 valence electrons. The Morgan fingerprint density at radius 3 is 1.12 bits per heavy atom. The van der Waals surface area contributed by atoms with E-state index in [0.717, 1.165) is 112 Å². The number of ether oxygens (including phenoxy) is 4. The Bertz CT molecular complexity index is 8330. The highest BCUT2D eigenvalue weighted by molar-refractivity contribution is 8.14. The van der Waals surface area contributed by atoms with Crippen molar-refractivity contribution in [3.63, 3.8) is 0 Å². The number of thioether (sulfide) groups is 1. The Kier molecular flexibility index (Phi) is 29.9. The summed E-state index contributed by atoms with van der Waals surface area (Å²) < 4.78 is 56.6. The number of rotatable bonds is 29. The topological polar surface area (TPSA) is 398 Å². The standard InChI is InChI=1S/C23H23FN2O3.C23H22N4O5.C23H23NO2.C22H19N5O5S.C21H19FN2O3/c1-13(2)6-4-5-9-26-21-19(16-8-7-14(24)10-17(16)23(26)28)22(27)18-11-15(29-3)12-25-20(18)21;1-32-15-12-18-20(24-13-15)21-19(22(18)28)16-6-5-14(27(30)31)11-17(16)23(29)26(21)10-4-9-25-7-2-3-8-25;1-2-3-4-5-10-15-24-21-17-12-7-8-13-18(17)22(25)20(21)16-11-6-9-14-19(16)23(24)26;1-32-13-10-16-18(25-11-13)19-17(20(16)28)14-4-3-12(27(30)31)9-15(14)21(29)26(19)7-2-5-23-22-24-6-8-33-22;1-3-4-5-8-24-19-17(14-7-6-12(22)9-15(14)21(24)26)20(25)16-10-13(27-2)11-23-18(16)19/h7-8,10-13H,4-6,9H2,1-3H3;5-6,11-13H,2-4,7-10H2,1H3;6-9,11-14H,2-5,10,15H2,1H3;3-4,9-11H,2,5-8H2,1H3,(H,23,24);6-7,9-11H,3-5,8H2,1-2H3. The Labute approximate surface area is 844 Å². The van der Waals surface area contributed by atoms with Gasteiger partial charge >= 0.3 is 0 Å². The van der Waals surface area contributed by atoms with Gasteiger partial charge in [-0.3, -0.25) is 93.1 Å². The zero-order chi connectivity index (χ0) is 103. The number of carbonyl (C=O) groups excluding carboxylic acids is 5. The first kappa shape index (κ1) is 101. The van der Waals surface area contributed by atoms with E-state index in [1.807, 2.05) is 53.1 Å². The number of nitro groups is 2. The first-order chi connectivity index (χ1) is 71.2. The van der Waals surface area contributed by atoms with Gasteiger partial charge in [0, 0.05) is 113 Å². The first-order valence-electron chi connectivity index (χ1n) is 49.4. The summed E-state index contributed by atoms with van der Waals surface area (Å²) in [5, 5.41) is 30.6. The van der Waals surface area contributed by atoms with E-state index in [0.29, 0.717) is 203 Å². The monoisotopic (exact) mass is 2000 g/mol.